The summed E-state index contributed by atoms with van der Waals surface area (Å²) < 4.78 is 11.0. The van der Waals surface area contributed by atoms with E-state index in [1.54, 1.807) is 14.2 Å². The molecule has 0 radical (unpaired) electrons. The average Bonchev–Trinajstić information content (AvgIpc) is 2.65. The molecule has 0 amide bonds. The van der Waals surface area contributed by atoms with Gasteiger partial charge in [0.2, 0.25) is 0 Å². The second-order valence-corrected chi connectivity index (χ2v) is 6.54. The van der Waals surface area contributed by atoms with Crippen LogP contribution in [0, 0.1) is 0 Å². The van der Waals surface area contributed by atoms with Crippen LogP contribution in [0.3, 0.4) is 0 Å². The van der Waals surface area contributed by atoms with E-state index in [-0.39, 0.29) is 0 Å². The highest BCUT2D eigenvalue weighted by molar-refractivity contribution is 6.14. The van der Waals surface area contributed by atoms with Crippen LogP contribution in [0.1, 0.15) is 27.8 Å². The van der Waals surface area contributed by atoms with Gasteiger partial charge in [-0.2, -0.15) is 5.10 Å². The second kappa shape index (κ2) is 6.41. The molecule has 2 aromatic rings. The van der Waals surface area contributed by atoms with Crippen molar-refractivity contribution < 1.29 is 9.47 Å². The van der Waals surface area contributed by atoms with Gasteiger partial charge in [0.25, 0.3) is 0 Å². The van der Waals surface area contributed by atoms with Gasteiger partial charge in [0.1, 0.15) is 0 Å². The molecule has 2 aromatic carbocycles. The summed E-state index contributed by atoms with van der Waals surface area (Å²) in [5, 5.41) is 10.2. The van der Waals surface area contributed by atoms with Crippen molar-refractivity contribution in [3.63, 3.8) is 0 Å². The summed E-state index contributed by atoms with van der Waals surface area (Å²) >= 11 is 0. The summed E-state index contributed by atoms with van der Waals surface area (Å²) in [5.74, 6) is 1.49. The normalized spacial score (nSPS) is 16.0. The minimum Gasteiger partial charge on any atom is -0.493 e. The number of nitrogens with zero attached hydrogens (tertiary/aromatic N) is 2. The highest BCUT2D eigenvalue weighted by Gasteiger charge is 2.23. The van der Waals surface area contributed by atoms with Gasteiger partial charge >= 0.3 is 0 Å². The zero-order valence-electron chi connectivity index (χ0n) is 14.9. The minimum absolute atomic E-state index is 0.737. The fourth-order valence-corrected chi connectivity index (χ4v) is 3.62. The van der Waals surface area contributed by atoms with Gasteiger partial charge in [0.05, 0.1) is 26.5 Å². The van der Waals surface area contributed by atoms with E-state index in [4.69, 9.17) is 14.6 Å². The molecule has 0 spiro atoms. The van der Waals surface area contributed by atoms with Gasteiger partial charge in [-0.1, -0.05) is 12.1 Å². The monoisotopic (exact) mass is 337 g/mol. The molecule has 5 heteroatoms. The first-order chi connectivity index (χ1) is 12.2. The van der Waals surface area contributed by atoms with Gasteiger partial charge in [-0.3, -0.25) is 5.01 Å². The SMILES string of the molecule is COc1cc2c(cc1OC)C(c1ccc3c(c1)CCNC3)=NN(C)C2. The first-order valence-corrected chi connectivity index (χ1v) is 8.57. The molecule has 0 unspecified atom stereocenters. The first-order valence-electron chi connectivity index (χ1n) is 8.57. The van der Waals surface area contributed by atoms with Crippen molar-refractivity contribution in [2.75, 3.05) is 27.8 Å². The van der Waals surface area contributed by atoms with Crippen LogP contribution in [0.4, 0.5) is 0 Å². The number of nitrogens with one attached hydrogen (secondary N) is 1. The Balaban J connectivity index is 1.83. The van der Waals surface area contributed by atoms with Crippen LogP contribution in [0.15, 0.2) is 35.4 Å². The Kier molecular flexibility index (Phi) is 4.09. The lowest BCUT2D eigenvalue weighted by Crippen LogP contribution is -2.26. The fraction of sp³-hybridized carbons (Fsp3) is 0.350. The number of methoxy groups -OCH3 is 2. The van der Waals surface area contributed by atoms with Gasteiger partial charge in [-0.15, -0.1) is 0 Å². The molecule has 2 heterocycles. The summed E-state index contributed by atoms with van der Waals surface area (Å²) in [5.41, 5.74) is 7.25. The Bertz CT molecular complexity index is 845. The van der Waals surface area contributed by atoms with Crippen molar-refractivity contribution in [3.8, 4) is 11.5 Å². The largest absolute Gasteiger partial charge is 0.493 e. The van der Waals surface area contributed by atoms with Crippen LogP contribution in [-0.4, -0.2) is 38.5 Å². The molecule has 0 atom stereocenters. The third-order valence-electron chi connectivity index (χ3n) is 4.90. The Morgan fingerprint density at radius 1 is 1.00 bits per heavy atom. The van der Waals surface area contributed by atoms with Crippen LogP contribution in [0.25, 0.3) is 0 Å². The number of hydrogen-bond donors (Lipinski definition) is 1. The molecule has 0 bridgehead atoms. The molecule has 0 saturated heterocycles. The maximum atomic E-state index is 5.50. The van der Waals surface area contributed by atoms with Gasteiger partial charge in [-0.05, 0) is 47.9 Å². The van der Waals surface area contributed by atoms with E-state index in [1.165, 1.54) is 16.7 Å². The highest BCUT2D eigenvalue weighted by Crippen LogP contribution is 2.34. The van der Waals surface area contributed by atoms with Crippen LogP contribution < -0.4 is 14.8 Å². The van der Waals surface area contributed by atoms with Crippen molar-refractivity contribution in [2.45, 2.75) is 19.5 Å². The summed E-state index contributed by atoms with van der Waals surface area (Å²) in [7, 11) is 5.34. The topological polar surface area (TPSA) is 46.1 Å². The van der Waals surface area contributed by atoms with Gasteiger partial charge in [-0.25, -0.2) is 0 Å². The van der Waals surface area contributed by atoms with Crippen LogP contribution in [0.5, 0.6) is 11.5 Å². The maximum Gasteiger partial charge on any atom is 0.161 e. The third-order valence-corrected chi connectivity index (χ3v) is 4.90. The Morgan fingerprint density at radius 2 is 1.80 bits per heavy atom. The Hall–Kier alpha value is -2.53. The molecule has 2 aliphatic heterocycles. The van der Waals surface area contributed by atoms with Crippen molar-refractivity contribution in [1.82, 2.24) is 10.3 Å². The summed E-state index contributed by atoms with van der Waals surface area (Å²) in [6.45, 7) is 2.74. The zero-order valence-corrected chi connectivity index (χ0v) is 14.9. The molecule has 25 heavy (non-hydrogen) atoms. The molecule has 0 aliphatic carbocycles. The molecule has 4 rings (SSSR count). The van der Waals surface area contributed by atoms with Crippen LogP contribution >= 0.6 is 0 Å². The second-order valence-electron chi connectivity index (χ2n) is 6.54. The van der Waals surface area contributed by atoms with Crippen molar-refractivity contribution >= 4 is 5.71 Å². The van der Waals surface area contributed by atoms with E-state index in [1.807, 2.05) is 18.1 Å². The van der Waals surface area contributed by atoms with Crippen LogP contribution in [-0.2, 0) is 19.5 Å². The van der Waals surface area contributed by atoms with E-state index in [9.17, 15) is 0 Å². The summed E-state index contributed by atoms with van der Waals surface area (Å²) in [6, 6.07) is 10.8. The van der Waals surface area contributed by atoms with E-state index < -0.39 is 0 Å². The molecule has 2 aliphatic rings. The highest BCUT2D eigenvalue weighted by atomic mass is 16.5. The first kappa shape index (κ1) is 16.0. The lowest BCUT2D eigenvalue weighted by atomic mass is 9.91. The zero-order chi connectivity index (χ0) is 17.4. The average molecular weight is 337 g/mol. The lowest BCUT2D eigenvalue weighted by Gasteiger charge is -2.26. The number of ether oxygens (including phenoxy) is 2. The number of benzene rings is 2. The molecule has 0 fully saturated rings. The van der Waals surface area contributed by atoms with Gasteiger partial charge in [0, 0.05) is 24.7 Å². The smallest absolute Gasteiger partial charge is 0.161 e. The predicted octanol–water partition coefficient (Wildman–Crippen LogP) is 2.55. The van der Waals surface area contributed by atoms with Crippen molar-refractivity contribution in [3.05, 3.63) is 58.1 Å². The molecular weight excluding hydrogens is 314 g/mol. The fourth-order valence-electron chi connectivity index (χ4n) is 3.62. The summed E-state index contributed by atoms with van der Waals surface area (Å²) in [6.07, 6.45) is 1.06. The molecule has 130 valence electrons. The van der Waals surface area contributed by atoms with E-state index in [2.05, 4.69) is 29.6 Å². The number of hydrazone groups is 1. The molecule has 1 N–H and O–H groups in total. The Morgan fingerprint density at radius 3 is 2.60 bits per heavy atom. The number of rotatable bonds is 3. The lowest BCUT2D eigenvalue weighted by molar-refractivity contribution is 0.333. The standard InChI is InChI=1S/C20H23N3O2/c1-23-12-16-9-18(24-2)19(25-3)10-17(16)20(22-23)14-4-5-15-11-21-7-6-13(15)8-14/h4-5,8-10,21H,6-7,11-12H2,1-3H3. The molecule has 5 nitrogen and oxygen atoms in total. The Labute approximate surface area is 148 Å². The molecule has 0 aromatic heterocycles. The number of fused-ring (bicyclic) bond motifs is 2. The quantitative estimate of drug-likeness (QED) is 0.935. The van der Waals surface area contributed by atoms with Gasteiger partial charge < -0.3 is 14.8 Å². The molecular formula is C20H23N3O2. The van der Waals surface area contributed by atoms with Crippen LogP contribution in [0.2, 0.25) is 0 Å². The maximum absolute atomic E-state index is 5.50. The van der Waals surface area contributed by atoms with Crippen molar-refractivity contribution in [1.29, 1.82) is 0 Å². The molecule has 0 saturated carbocycles. The van der Waals surface area contributed by atoms with E-state index >= 15 is 0 Å². The van der Waals surface area contributed by atoms with E-state index in [0.29, 0.717) is 0 Å². The van der Waals surface area contributed by atoms with E-state index in [0.717, 1.165) is 54.4 Å². The number of hydrogen-bond acceptors (Lipinski definition) is 5. The van der Waals surface area contributed by atoms with Gasteiger partial charge in [0.15, 0.2) is 11.5 Å². The summed E-state index contributed by atoms with van der Waals surface area (Å²) in [4.78, 5) is 0. The minimum atomic E-state index is 0.737. The third kappa shape index (κ3) is 2.85. The predicted molar refractivity (Wildman–Crippen MR) is 98.5 cm³/mol. The van der Waals surface area contributed by atoms with Crippen molar-refractivity contribution in [2.24, 2.45) is 5.10 Å².